The lowest BCUT2D eigenvalue weighted by Crippen LogP contribution is -2.14. The van der Waals surface area contributed by atoms with Crippen molar-refractivity contribution in [1.82, 2.24) is 9.97 Å². The van der Waals surface area contributed by atoms with Crippen molar-refractivity contribution in [2.45, 2.75) is 11.6 Å². The van der Waals surface area contributed by atoms with E-state index in [2.05, 4.69) is 15.3 Å². The highest BCUT2D eigenvalue weighted by Gasteiger charge is 2.16. The molecule has 8 heteroatoms. The van der Waals surface area contributed by atoms with Crippen molar-refractivity contribution >= 4 is 46.0 Å². The molecule has 4 rings (SSSR count). The molecular formula is C18H16ClN3O3S. The number of para-hydroxylation sites is 2. The Morgan fingerprint density at radius 1 is 1.23 bits per heavy atom. The van der Waals surface area contributed by atoms with Crippen LogP contribution in [0.25, 0.3) is 11.0 Å². The molecule has 2 N–H and O–H groups in total. The van der Waals surface area contributed by atoms with E-state index < -0.39 is 0 Å². The van der Waals surface area contributed by atoms with Crippen LogP contribution in [0.5, 0.6) is 11.5 Å². The van der Waals surface area contributed by atoms with Gasteiger partial charge in [0.25, 0.3) is 0 Å². The Kier molecular flexibility index (Phi) is 4.90. The minimum atomic E-state index is -0.174. The fourth-order valence-electron chi connectivity index (χ4n) is 2.60. The second kappa shape index (κ2) is 7.47. The second-order valence-electron chi connectivity index (χ2n) is 5.73. The van der Waals surface area contributed by atoms with Crippen LogP contribution in [0.15, 0.2) is 41.6 Å². The van der Waals surface area contributed by atoms with Gasteiger partial charge in [-0.25, -0.2) is 4.98 Å². The summed E-state index contributed by atoms with van der Waals surface area (Å²) in [5.41, 5.74) is 2.33. The number of ether oxygens (including phenoxy) is 2. The van der Waals surface area contributed by atoms with E-state index in [1.807, 2.05) is 24.3 Å². The van der Waals surface area contributed by atoms with Crippen molar-refractivity contribution in [2.24, 2.45) is 0 Å². The number of benzene rings is 2. The number of fused-ring (bicyclic) bond motifs is 2. The van der Waals surface area contributed by atoms with Crippen LogP contribution >= 0.6 is 23.4 Å². The van der Waals surface area contributed by atoms with Crippen LogP contribution in [-0.4, -0.2) is 34.8 Å². The highest BCUT2D eigenvalue weighted by Crippen LogP contribution is 2.37. The molecule has 0 aliphatic carbocycles. The lowest BCUT2D eigenvalue weighted by atomic mass is 10.2. The Balaban J connectivity index is 1.42. The van der Waals surface area contributed by atoms with Crippen LogP contribution in [0.1, 0.15) is 6.42 Å². The summed E-state index contributed by atoms with van der Waals surface area (Å²) in [6.07, 6.45) is 0.808. The molecule has 0 atom stereocenters. The fraction of sp³-hybridized carbons (Fsp3) is 0.222. The van der Waals surface area contributed by atoms with E-state index in [9.17, 15) is 4.79 Å². The molecule has 26 heavy (non-hydrogen) atoms. The van der Waals surface area contributed by atoms with E-state index in [1.54, 1.807) is 12.1 Å². The Labute approximate surface area is 159 Å². The van der Waals surface area contributed by atoms with Crippen molar-refractivity contribution in [3.05, 3.63) is 41.4 Å². The Morgan fingerprint density at radius 3 is 2.81 bits per heavy atom. The van der Waals surface area contributed by atoms with Gasteiger partial charge in [0, 0.05) is 18.6 Å². The number of H-pyrrole nitrogens is 1. The average molecular weight is 390 g/mol. The number of halogens is 1. The zero-order valence-corrected chi connectivity index (χ0v) is 15.3. The van der Waals surface area contributed by atoms with Gasteiger partial charge in [0.15, 0.2) is 16.7 Å². The highest BCUT2D eigenvalue weighted by molar-refractivity contribution is 7.99. The molecule has 0 radical (unpaired) electrons. The molecular weight excluding hydrogens is 374 g/mol. The summed E-state index contributed by atoms with van der Waals surface area (Å²) >= 11 is 7.59. The van der Waals surface area contributed by atoms with E-state index in [1.165, 1.54) is 11.8 Å². The van der Waals surface area contributed by atoms with Crippen LogP contribution in [0, 0.1) is 0 Å². The normalized spacial score (nSPS) is 13.4. The molecule has 0 saturated heterocycles. The molecule has 134 valence electrons. The number of hydrogen-bond acceptors (Lipinski definition) is 5. The van der Waals surface area contributed by atoms with Gasteiger partial charge in [0.05, 0.1) is 40.7 Å². The molecule has 0 saturated carbocycles. The van der Waals surface area contributed by atoms with E-state index in [4.69, 9.17) is 21.1 Å². The summed E-state index contributed by atoms with van der Waals surface area (Å²) < 4.78 is 11.2. The zero-order valence-electron chi connectivity index (χ0n) is 13.8. The van der Waals surface area contributed by atoms with Gasteiger partial charge in [0.1, 0.15) is 0 Å². The minimum Gasteiger partial charge on any atom is -0.490 e. The van der Waals surface area contributed by atoms with Gasteiger partial charge in [-0.3, -0.25) is 4.79 Å². The summed E-state index contributed by atoms with van der Waals surface area (Å²) in [6, 6.07) is 11.1. The predicted molar refractivity (Wildman–Crippen MR) is 103 cm³/mol. The standard InChI is InChI=1S/C18H16ClN3O3S/c19-11-8-15-16(25-7-3-6-24-15)9-14(11)20-17(23)10-26-18-21-12-4-1-2-5-13(12)22-18/h1-2,4-5,8-9H,3,6-7,10H2,(H,20,23)(H,21,22). The third-order valence-corrected chi connectivity index (χ3v) is 5.00. The topological polar surface area (TPSA) is 76.2 Å². The number of thioether (sulfide) groups is 1. The smallest absolute Gasteiger partial charge is 0.234 e. The lowest BCUT2D eigenvalue weighted by molar-refractivity contribution is -0.113. The number of nitrogens with zero attached hydrogens (tertiary/aromatic N) is 1. The van der Waals surface area contributed by atoms with Crippen LogP contribution < -0.4 is 14.8 Å². The number of hydrogen-bond donors (Lipinski definition) is 2. The molecule has 0 fully saturated rings. The largest absolute Gasteiger partial charge is 0.490 e. The summed E-state index contributed by atoms with van der Waals surface area (Å²) in [5.74, 6) is 1.23. The van der Waals surface area contributed by atoms with Crippen LogP contribution in [-0.2, 0) is 4.79 Å². The number of amides is 1. The Bertz CT molecular complexity index is 927. The summed E-state index contributed by atoms with van der Waals surface area (Å²) in [7, 11) is 0. The summed E-state index contributed by atoms with van der Waals surface area (Å²) in [6.45, 7) is 1.16. The monoisotopic (exact) mass is 389 g/mol. The van der Waals surface area contributed by atoms with Crippen LogP contribution in [0.4, 0.5) is 5.69 Å². The van der Waals surface area contributed by atoms with Gasteiger partial charge >= 0.3 is 0 Å². The van der Waals surface area contributed by atoms with Gasteiger partial charge in [-0.15, -0.1) is 0 Å². The third-order valence-electron chi connectivity index (χ3n) is 3.82. The lowest BCUT2D eigenvalue weighted by Gasteiger charge is -2.12. The average Bonchev–Trinajstić information content (AvgIpc) is 2.92. The number of imidazole rings is 1. The maximum atomic E-state index is 12.3. The molecule has 1 aliphatic rings. The van der Waals surface area contributed by atoms with E-state index in [-0.39, 0.29) is 11.7 Å². The van der Waals surface area contributed by atoms with Gasteiger partial charge < -0.3 is 19.8 Å². The Hall–Kier alpha value is -2.38. The Morgan fingerprint density at radius 2 is 2.00 bits per heavy atom. The summed E-state index contributed by atoms with van der Waals surface area (Å²) in [5, 5.41) is 3.93. The number of rotatable bonds is 4. The van der Waals surface area contributed by atoms with E-state index >= 15 is 0 Å². The first kappa shape index (κ1) is 17.1. The molecule has 0 spiro atoms. The highest BCUT2D eigenvalue weighted by atomic mass is 35.5. The number of carbonyl (C=O) groups is 1. The van der Waals surface area contributed by atoms with Gasteiger partial charge in [-0.2, -0.15) is 0 Å². The van der Waals surface area contributed by atoms with Crippen molar-refractivity contribution in [3.63, 3.8) is 0 Å². The van der Waals surface area contributed by atoms with Gasteiger partial charge in [-0.05, 0) is 12.1 Å². The molecule has 2 heterocycles. The number of anilines is 1. The molecule has 1 aliphatic heterocycles. The van der Waals surface area contributed by atoms with Crippen molar-refractivity contribution < 1.29 is 14.3 Å². The number of aromatic nitrogens is 2. The van der Waals surface area contributed by atoms with E-state index in [0.29, 0.717) is 40.6 Å². The van der Waals surface area contributed by atoms with Crippen molar-refractivity contribution in [3.8, 4) is 11.5 Å². The minimum absolute atomic E-state index is 0.174. The molecule has 2 aromatic carbocycles. The molecule has 6 nitrogen and oxygen atoms in total. The zero-order chi connectivity index (χ0) is 17.9. The van der Waals surface area contributed by atoms with Crippen molar-refractivity contribution in [2.75, 3.05) is 24.3 Å². The number of carbonyl (C=O) groups excluding carboxylic acids is 1. The first-order chi connectivity index (χ1) is 12.7. The first-order valence-electron chi connectivity index (χ1n) is 8.15. The third kappa shape index (κ3) is 3.73. The molecule has 1 amide bonds. The predicted octanol–water partition coefficient (Wildman–Crippen LogP) is 4.11. The quantitative estimate of drug-likeness (QED) is 0.657. The number of aromatic amines is 1. The SMILES string of the molecule is O=C(CSc1nc2ccccc2[nH]1)Nc1cc2c(cc1Cl)OCCCO2. The summed E-state index contributed by atoms with van der Waals surface area (Å²) in [4.78, 5) is 19.9. The second-order valence-corrected chi connectivity index (χ2v) is 7.10. The molecule has 3 aromatic rings. The van der Waals surface area contributed by atoms with Crippen LogP contribution in [0.2, 0.25) is 5.02 Å². The van der Waals surface area contributed by atoms with Crippen molar-refractivity contribution in [1.29, 1.82) is 0 Å². The van der Waals surface area contributed by atoms with E-state index in [0.717, 1.165) is 17.5 Å². The maximum absolute atomic E-state index is 12.3. The maximum Gasteiger partial charge on any atom is 0.234 e. The van der Waals surface area contributed by atoms with Gasteiger partial charge in [0.2, 0.25) is 5.91 Å². The molecule has 0 unspecified atom stereocenters. The fourth-order valence-corrected chi connectivity index (χ4v) is 3.48. The van der Waals surface area contributed by atoms with Crippen LogP contribution in [0.3, 0.4) is 0 Å². The number of nitrogens with one attached hydrogen (secondary N) is 2. The van der Waals surface area contributed by atoms with Gasteiger partial charge in [-0.1, -0.05) is 35.5 Å². The first-order valence-corrected chi connectivity index (χ1v) is 9.52. The molecule has 1 aromatic heterocycles. The molecule has 0 bridgehead atoms.